The van der Waals surface area contributed by atoms with E-state index in [9.17, 15) is 22.4 Å². The number of nitrogens with zero attached hydrogens (tertiary/aromatic N) is 1. The lowest BCUT2D eigenvalue weighted by atomic mass is 10.0. The van der Waals surface area contributed by atoms with E-state index in [-0.39, 0.29) is 41.7 Å². The van der Waals surface area contributed by atoms with Gasteiger partial charge in [0.15, 0.2) is 9.84 Å². The molecule has 0 aromatic heterocycles. The molecule has 1 atom stereocenters. The minimum Gasteiger partial charge on any atom is -0.355 e. The number of amides is 2. The number of rotatable bonds is 7. The first-order valence-electron chi connectivity index (χ1n) is 9.32. The largest absolute Gasteiger partial charge is 0.355 e. The van der Waals surface area contributed by atoms with Gasteiger partial charge in [-0.1, -0.05) is 18.2 Å². The summed E-state index contributed by atoms with van der Waals surface area (Å²) in [5, 5.41) is 2.76. The third-order valence-electron chi connectivity index (χ3n) is 5.48. The molecule has 0 bridgehead atoms. The second-order valence-corrected chi connectivity index (χ2v) is 9.56. The van der Waals surface area contributed by atoms with Crippen molar-refractivity contribution in [2.75, 3.05) is 24.6 Å². The van der Waals surface area contributed by atoms with Crippen LogP contribution < -0.4 is 5.32 Å². The molecular formula is C19H25FN2O4S. The van der Waals surface area contributed by atoms with Gasteiger partial charge in [0.05, 0.1) is 11.5 Å². The normalized spacial score (nSPS) is 22.2. The average Bonchev–Trinajstić information content (AvgIpc) is 3.36. The molecule has 1 N–H and O–H groups in total. The van der Waals surface area contributed by atoms with E-state index in [1.54, 1.807) is 30.0 Å². The zero-order valence-electron chi connectivity index (χ0n) is 15.4. The summed E-state index contributed by atoms with van der Waals surface area (Å²) in [6.07, 6.45) is 1.70. The lowest BCUT2D eigenvalue weighted by Crippen LogP contribution is -2.49. The second-order valence-electron chi connectivity index (χ2n) is 7.33. The van der Waals surface area contributed by atoms with Crippen LogP contribution in [-0.2, 0) is 25.8 Å². The van der Waals surface area contributed by atoms with Crippen LogP contribution in [0.4, 0.5) is 4.39 Å². The molecule has 1 heterocycles. The van der Waals surface area contributed by atoms with Crippen molar-refractivity contribution in [1.82, 2.24) is 10.2 Å². The molecule has 8 heteroatoms. The summed E-state index contributed by atoms with van der Waals surface area (Å²) in [4.78, 5) is 27.2. The lowest BCUT2D eigenvalue weighted by molar-refractivity contribution is -0.145. The van der Waals surface area contributed by atoms with Crippen LogP contribution in [0.2, 0.25) is 0 Å². The van der Waals surface area contributed by atoms with Crippen molar-refractivity contribution in [3.63, 3.8) is 0 Å². The topological polar surface area (TPSA) is 83.6 Å². The van der Waals surface area contributed by atoms with E-state index in [1.807, 2.05) is 0 Å². The quantitative estimate of drug-likeness (QED) is 0.704. The van der Waals surface area contributed by atoms with Crippen LogP contribution in [0.1, 0.15) is 31.7 Å². The molecule has 2 amide bonds. The molecule has 1 aliphatic heterocycles. The molecule has 0 spiro atoms. The van der Waals surface area contributed by atoms with Crippen molar-refractivity contribution in [1.29, 1.82) is 0 Å². The fraction of sp³-hybridized carbons (Fsp3) is 0.579. The van der Waals surface area contributed by atoms with E-state index in [2.05, 4.69) is 5.32 Å². The van der Waals surface area contributed by atoms with Gasteiger partial charge in [0, 0.05) is 19.1 Å². The van der Waals surface area contributed by atoms with Crippen LogP contribution in [0.15, 0.2) is 24.3 Å². The van der Waals surface area contributed by atoms with Crippen LogP contribution in [0.25, 0.3) is 0 Å². The number of carbonyl (C=O) groups is 2. The van der Waals surface area contributed by atoms with Crippen LogP contribution in [0.5, 0.6) is 0 Å². The Hall–Kier alpha value is -1.96. The fourth-order valence-corrected chi connectivity index (χ4v) is 5.44. The molecule has 1 unspecified atom stereocenters. The Morgan fingerprint density at radius 3 is 2.56 bits per heavy atom. The average molecular weight is 396 g/mol. The van der Waals surface area contributed by atoms with Crippen molar-refractivity contribution in [3.05, 3.63) is 35.6 Å². The van der Waals surface area contributed by atoms with E-state index >= 15 is 0 Å². The van der Waals surface area contributed by atoms with Crippen LogP contribution in [0, 0.1) is 11.2 Å². The zero-order valence-corrected chi connectivity index (χ0v) is 16.2. The van der Waals surface area contributed by atoms with Gasteiger partial charge >= 0.3 is 0 Å². The van der Waals surface area contributed by atoms with Crippen molar-refractivity contribution in [3.8, 4) is 0 Å². The third kappa shape index (κ3) is 4.15. The molecule has 1 aliphatic carbocycles. The molecule has 3 rings (SSSR count). The Labute approximate surface area is 159 Å². The van der Waals surface area contributed by atoms with Gasteiger partial charge in [0.1, 0.15) is 11.2 Å². The van der Waals surface area contributed by atoms with Crippen LogP contribution in [-0.4, -0.2) is 55.8 Å². The Morgan fingerprint density at radius 1 is 1.30 bits per heavy atom. The maximum Gasteiger partial charge on any atom is 0.238 e. The first-order chi connectivity index (χ1) is 12.8. The standard InChI is InChI=1S/C19H25FN2O4S/c1-2-22(15-8-12-27(25,26)13-15)18(24)19(9-10-19)17(23)21-11-7-14-5-3-4-6-16(14)20/h3-6,15H,2,7-13H2,1H3,(H,21,23). The minimum absolute atomic E-state index is 0.0302. The SMILES string of the molecule is CCN(C(=O)C1(C(=O)NCCc2ccccc2F)CC1)C1CCS(=O)(=O)C1. The summed E-state index contributed by atoms with van der Waals surface area (Å²) in [6, 6.07) is 6.03. The van der Waals surface area contributed by atoms with E-state index in [1.165, 1.54) is 6.07 Å². The molecule has 1 saturated carbocycles. The summed E-state index contributed by atoms with van der Waals surface area (Å²) in [7, 11) is -3.11. The summed E-state index contributed by atoms with van der Waals surface area (Å²) in [5.74, 6) is -0.886. The number of hydrogen-bond donors (Lipinski definition) is 1. The molecular weight excluding hydrogens is 371 g/mol. The Kier molecular flexibility index (Phi) is 5.55. The van der Waals surface area contributed by atoms with Crippen molar-refractivity contribution < 1.29 is 22.4 Å². The van der Waals surface area contributed by atoms with Crippen molar-refractivity contribution in [2.24, 2.45) is 5.41 Å². The summed E-state index contributed by atoms with van der Waals surface area (Å²) < 4.78 is 37.1. The maximum absolute atomic E-state index is 13.7. The molecule has 1 aromatic carbocycles. The molecule has 2 fully saturated rings. The zero-order chi connectivity index (χ0) is 19.7. The Bertz CT molecular complexity index is 836. The number of carbonyl (C=O) groups excluding carboxylic acids is 2. The number of benzene rings is 1. The molecule has 0 radical (unpaired) electrons. The summed E-state index contributed by atoms with van der Waals surface area (Å²) in [5.41, 5.74) is -0.572. The maximum atomic E-state index is 13.7. The first-order valence-corrected chi connectivity index (χ1v) is 11.1. The smallest absolute Gasteiger partial charge is 0.238 e. The highest BCUT2D eigenvalue weighted by Gasteiger charge is 2.58. The fourth-order valence-electron chi connectivity index (χ4n) is 3.71. The van der Waals surface area contributed by atoms with Gasteiger partial charge in [0.2, 0.25) is 11.8 Å². The molecule has 148 valence electrons. The highest BCUT2D eigenvalue weighted by atomic mass is 32.2. The monoisotopic (exact) mass is 396 g/mol. The third-order valence-corrected chi connectivity index (χ3v) is 7.23. The van der Waals surface area contributed by atoms with Crippen molar-refractivity contribution in [2.45, 2.75) is 38.6 Å². The van der Waals surface area contributed by atoms with E-state index < -0.39 is 15.3 Å². The number of halogens is 1. The summed E-state index contributed by atoms with van der Waals surface area (Å²) >= 11 is 0. The highest BCUT2D eigenvalue weighted by Crippen LogP contribution is 2.48. The predicted octanol–water partition coefficient (Wildman–Crippen LogP) is 1.30. The van der Waals surface area contributed by atoms with E-state index in [0.29, 0.717) is 37.8 Å². The first kappa shape index (κ1) is 19.8. The minimum atomic E-state index is -3.11. The van der Waals surface area contributed by atoms with E-state index in [4.69, 9.17) is 0 Å². The summed E-state index contributed by atoms with van der Waals surface area (Å²) in [6.45, 7) is 2.43. The predicted molar refractivity (Wildman–Crippen MR) is 99.2 cm³/mol. The van der Waals surface area contributed by atoms with Gasteiger partial charge in [0.25, 0.3) is 0 Å². The number of hydrogen-bond acceptors (Lipinski definition) is 4. The molecule has 1 aromatic rings. The van der Waals surface area contributed by atoms with Gasteiger partial charge in [-0.2, -0.15) is 0 Å². The highest BCUT2D eigenvalue weighted by molar-refractivity contribution is 7.91. The Morgan fingerprint density at radius 2 is 2.00 bits per heavy atom. The van der Waals surface area contributed by atoms with Gasteiger partial charge in [-0.25, -0.2) is 12.8 Å². The van der Waals surface area contributed by atoms with Crippen molar-refractivity contribution >= 4 is 21.7 Å². The molecule has 1 saturated heterocycles. The van der Waals surface area contributed by atoms with Gasteiger partial charge in [-0.05, 0) is 44.2 Å². The Balaban J connectivity index is 1.60. The van der Waals surface area contributed by atoms with Crippen LogP contribution in [0.3, 0.4) is 0 Å². The van der Waals surface area contributed by atoms with Gasteiger partial charge in [-0.3, -0.25) is 9.59 Å². The van der Waals surface area contributed by atoms with E-state index in [0.717, 1.165) is 0 Å². The number of nitrogens with one attached hydrogen (secondary N) is 1. The number of sulfone groups is 1. The molecule has 6 nitrogen and oxygen atoms in total. The van der Waals surface area contributed by atoms with Gasteiger partial charge in [-0.15, -0.1) is 0 Å². The lowest BCUT2D eigenvalue weighted by Gasteiger charge is -2.30. The molecule has 27 heavy (non-hydrogen) atoms. The second kappa shape index (κ2) is 7.58. The van der Waals surface area contributed by atoms with Gasteiger partial charge < -0.3 is 10.2 Å². The van der Waals surface area contributed by atoms with Crippen LogP contribution >= 0.6 is 0 Å². The molecule has 2 aliphatic rings.